The fraction of sp³-hybridized carbons (Fsp3) is 0.565. The van der Waals surface area contributed by atoms with E-state index < -0.39 is 34.0 Å². The normalized spacial score (nSPS) is 16.3. The average Bonchev–Trinajstić information content (AvgIpc) is 4.00. The Morgan fingerprint density at radius 1 is 0.431 bits per heavy atom. The molecule has 0 heterocycles. The fourth-order valence-corrected chi connectivity index (χ4v) is 7.02. The molecule has 0 saturated heterocycles. The molecule has 4 unspecified atom stereocenters. The molecule has 0 aromatic heterocycles. The minimum absolute atomic E-state index is 0.336. The van der Waals surface area contributed by atoms with Crippen molar-refractivity contribution in [3.8, 4) is 59.2 Å². The van der Waals surface area contributed by atoms with E-state index >= 15 is 0 Å². The molecule has 0 radical (unpaired) electrons. The Morgan fingerprint density at radius 3 is 0.917 bits per heavy atom. The molecule has 3 aliphatic carbocycles. The Labute approximate surface area is 435 Å². The highest BCUT2D eigenvalue weighted by molar-refractivity contribution is 5.89. The van der Waals surface area contributed by atoms with Crippen LogP contribution in [0.3, 0.4) is 0 Å². The van der Waals surface area contributed by atoms with Crippen LogP contribution < -0.4 is 0 Å². The first kappa shape index (κ1) is 67.7. The van der Waals surface area contributed by atoms with Crippen molar-refractivity contribution < 1.29 is 47.7 Å². The number of ether oxygens (including phenoxy) is 5. The summed E-state index contributed by atoms with van der Waals surface area (Å²) in [5.41, 5.74) is -1.36. The Kier molecular flexibility index (Phi) is 30.6. The predicted octanol–water partition coefficient (Wildman–Crippen LogP) is 12.8. The second-order valence-corrected chi connectivity index (χ2v) is 18.9. The number of hydrogen-bond acceptors (Lipinski definition) is 10. The average molecular weight is 991 g/mol. The summed E-state index contributed by atoms with van der Waals surface area (Å²) < 4.78 is 26.7. The first-order valence-electron chi connectivity index (χ1n) is 24.7. The van der Waals surface area contributed by atoms with Gasteiger partial charge in [0.15, 0.2) is 28.0 Å². The van der Waals surface area contributed by atoms with Crippen LogP contribution in [0.2, 0.25) is 0 Å². The van der Waals surface area contributed by atoms with Crippen LogP contribution >= 0.6 is 0 Å². The Hall–Kier alpha value is -6.41. The van der Waals surface area contributed by atoms with Crippen molar-refractivity contribution in [2.24, 2.45) is 17.8 Å². The lowest BCUT2D eigenvalue weighted by Gasteiger charge is -2.38. The van der Waals surface area contributed by atoms with Gasteiger partial charge in [-0.1, -0.05) is 102 Å². The van der Waals surface area contributed by atoms with E-state index in [0.29, 0.717) is 58.5 Å². The minimum atomic E-state index is -0.912. The molecule has 10 heteroatoms. The Balaban J connectivity index is 0. The van der Waals surface area contributed by atoms with Crippen LogP contribution in [0.15, 0.2) is 73.4 Å². The standard InChI is InChI=1S/C14H20O2.C13H18O2.C12H16O2.C12H18O2.C11H14O2/c1-5-10-14(4,12-8-6-7-9-12)16-13(15)11(2)3;1-5-9-13(4,11-7-6-8-11)15-12(14)10(2)3;1-5-8-12(4,10-6-7-10)14-11(13)9(2)3;1-6-9-12(7-2,8-3)14-11(13)10(4)5;1-6-8-11(5,7-2)13-10(12)9(3)4/h12H,2,6-9H2,1,3-4H3;11H,2,6-8H2,1,3-4H3;10H,2,6-7H2,1,3-4H3;4,7-8H2,1-3,5H3;7H,2-3H2,1,4-5H3. The summed E-state index contributed by atoms with van der Waals surface area (Å²) in [6.07, 6.45) is 13.1. The van der Waals surface area contributed by atoms with Gasteiger partial charge in [0.25, 0.3) is 0 Å². The molecular formula is C62H86O10. The quantitative estimate of drug-likeness (QED) is 0.0484. The highest BCUT2D eigenvalue weighted by Gasteiger charge is 2.44. The maximum atomic E-state index is 11.6. The minimum Gasteiger partial charge on any atom is -0.443 e. The molecule has 0 aliphatic heterocycles. The second-order valence-electron chi connectivity index (χ2n) is 18.9. The largest absolute Gasteiger partial charge is 0.443 e. The van der Waals surface area contributed by atoms with E-state index in [4.69, 9.17) is 23.7 Å². The van der Waals surface area contributed by atoms with Gasteiger partial charge in [-0.15, -0.1) is 29.6 Å². The van der Waals surface area contributed by atoms with Crippen molar-refractivity contribution in [1.29, 1.82) is 0 Å². The topological polar surface area (TPSA) is 132 Å². The van der Waals surface area contributed by atoms with Gasteiger partial charge in [-0.3, -0.25) is 0 Å². The third-order valence-electron chi connectivity index (χ3n) is 12.0. The number of rotatable bonds is 16. The summed E-state index contributed by atoms with van der Waals surface area (Å²) in [6, 6.07) is 0. The zero-order valence-corrected chi connectivity index (χ0v) is 46.9. The molecule has 72 heavy (non-hydrogen) atoms. The van der Waals surface area contributed by atoms with E-state index in [2.05, 4.69) is 98.7 Å². The van der Waals surface area contributed by atoms with Crippen LogP contribution in [0.25, 0.3) is 0 Å². The van der Waals surface area contributed by atoms with Crippen LogP contribution in [0.5, 0.6) is 0 Å². The molecule has 0 N–H and O–H groups in total. The van der Waals surface area contributed by atoms with Crippen LogP contribution in [-0.2, 0) is 47.7 Å². The zero-order chi connectivity index (χ0) is 56.1. The van der Waals surface area contributed by atoms with E-state index in [1.165, 1.54) is 25.3 Å². The molecular weight excluding hydrogens is 905 g/mol. The molecule has 0 amide bonds. The summed E-state index contributed by atoms with van der Waals surface area (Å²) in [7, 11) is 0. The van der Waals surface area contributed by atoms with E-state index in [1.54, 1.807) is 76.2 Å². The third-order valence-corrected chi connectivity index (χ3v) is 12.0. The maximum Gasteiger partial charge on any atom is 0.334 e. The van der Waals surface area contributed by atoms with Gasteiger partial charge in [0.1, 0.15) is 0 Å². The van der Waals surface area contributed by atoms with Gasteiger partial charge in [0.05, 0.1) is 0 Å². The Bertz CT molecular complexity index is 2260. The zero-order valence-electron chi connectivity index (χ0n) is 46.9. The molecule has 0 spiro atoms. The number of hydrogen-bond donors (Lipinski definition) is 0. The molecule has 3 rings (SSSR count). The first-order chi connectivity index (χ1) is 33.4. The molecule has 3 fully saturated rings. The highest BCUT2D eigenvalue weighted by Crippen LogP contribution is 2.42. The van der Waals surface area contributed by atoms with Crippen LogP contribution in [0.1, 0.15) is 181 Å². The summed E-state index contributed by atoms with van der Waals surface area (Å²) in [5.74, 6) is 28.0. The van der Waals surface area contributed by atoms with Crippen molar-refractivity contribution >= 4 is 29.8 Å². The third kappa shape index (κ3) is 24.1. The van der Waals surface area contributed by atoms with Gasteiger partial charge in [0, 0.05) is 45.6 Å². The van der Waals surface area contributed by atoms with Crippen LogP contribution in [-0.4, -0.2) is 57.9 Å². The molecule has 394 valence electrons. The lowest BCUT2D eigenvalue weighted by atomic mass is 9.74. The molecule has 3 saturated carbocycles. The summed E-state index contributed by atoms with van der Waals surface area (Å²) in [5, 5.41) is 0. The van der Waals surface area contributed by atoms with E-state index in [0.717, 1.165) is 38.5 Å². The molecule has 0 aromatic rings. The van der Waals surface area contributed by atoms with Crippen molar-refractivity contribution in [3.63, 3.8) is 0 Å². The first-order valence-corrected chi connectivity index (χ1v) is 24.7. The van der Waals surface area contributed by atoms with Crippen molar-refractivity contribution in [2.75, 3.05) is 0 Å². The molecule has 3 aliphatic rings. The van der Waals surface area contributed by atoms with Crippen molar-refractivity contribution in [2.45, 2.75) is 209 Å². The van der Waals surface area contributed by atoms with Gasteiger partial charge < -0.3 is 23.7 Å². The molecule has 0 aromatic carbocycles. The summed E-state index contributed by atoms with van der Waals surface area (Å²) >= 11 is 0. The monoisotopic (exact) mass is 991 g/mol. The van der Waals surface area contributed by atoms with E-state index in [1.807, 2.05) is 34.6 Å². The van der Waals surface area contributed by atoms with Crippen molar-refractivity contribution in [3.05, 3.63) is 73.4 Å². The Morgan fingerprint density at radius 2 is 0.694 bits per heavy atom. The van der Waals surface area contributed by atoms with E-state index in [9.17, 15) is 24.0 Å². The van der Waals surface area contributed by atoms with Gasteiger partial charge in [0.2, 0.25) is 0 Å². The number of carbonyl (C=O) groups excluding carboxylic acids is 5. The number of carbonyl (C=O) groups is 5. The molecule has 4 atom stereocenters. The summed E-state index contributed by atoms with van der Waals surface area (Å²) in [4.78, 5) is 57.0. The van der Waals surface area contributed by atoms with Crippen molar-refractivity contribution in [1.82, 2.24) is 0 Å². The summed E-state index contributed by atoms with van der Waals surface area (Å²) in [6.45, 7) is 49.5. The predicted molar refractivity (Wildman–Crippen MR) is 291 cm³/mol. The van der Waals surface area contributed by atoms with Crippen LogP contribution in [0.4, 0.5) is 0 Å². The van der Waals surface area contributed by atoms with E-state index in [-0.39, 0.29) is 23.9 Å². The van der Waals surface area contributed by atoms with Crippen LogP contribution in [0, 0.1) is 77.0 Å². The van der Waals surface area contributed by atoms with Gasteiger partial charge >= 0.3 is 29.8 Å². The van der Waals surface area contributed by atoms with Gasteiger partial charge in [-0.25, -0.2) is 24.0 Å². The van der Waals surface area contributed by atoms with Gasteiger partial charge in [-0.05, 0) is 154 Å². The smallest absolute Gasteiger partial charge is 0.334 e. The molecule has 10 nitrogen and oxygen atoms in total. The number of esters is 5. The second kappa shape index (κ2) is 32.5. The molecule has 0 bridgehead atoms. The maximum absolute atomic E-state index is 11.6. The lowest BCUT2D eigenvalue weighted by molar-refractivity contribution is -0.155. The highest BCUT2D eigenvalue weighted by atomic mass is 16.6. The van der Waals surface area contributed by atoms with Gasteiger partial charge in [-0.2, -0.15) is 0 Å². The fourth-order valence-electron chi connectivity index (χ4n) is 7.02. The SMILES string of the molecule is C=C(C)C(=O)OC(C#CC)(CC)CC.C=C(C)C(=O)OC(C)(C#CC)C1CC1.C=C(C)C(=O)OC(C)(C#CC)C1CCC1.C=C(C)C(=O)OC(C)(C#CC)C1CCCC1.C=CC(C)(C#CC)OC(=O)C(=C)C. The lowest BCUT2D eigenvalue weighted by Crippen LogP contribution is -2.42.